The van der Waals surface area contributed by atoms with Gasteiger partial charge in [-0.15, -0.1) is 0 Å². The zero-order valence-corrected chi connectivity index (χ0v) is 22.7. The molecule has 0 fully saturated rings. The molecule has 0 aromatic heterocycles. The van der Waals surface area contributed by atoms with Gasteiger partial charge in [0.2, 0.25) is 0 Å². The number of hydrogen-bond donors (Lipinski definition) is 0. The molecule has 0 radical (unpaired) electrons. The Bertz CT molecular complexity index is 588. The van der Waals surface area contributed by atoms with E-state index < -0.39 is 0 Å². The summed E-state index contributed by atoms with van der Waals surface area (Å²) < 4.78 is 12.0. The molecule has 196 valence electrons. The van der Waals surface area contributed by atoms with E-state index in [1.54, 1.807) is 12.1 Å². The summed E-state index contributed by atoms with van der Waals surface area (Å²) in [6.45, 7) is 4.92. The van der Waals surface area contributed by atoms with Gasteiger partial charge in [-0.25, -0.2) is 4.79 Å². The van der Waals surface area contributed by atoms with Crippen LogP contribution < -0.4 is 0 Å². The van der Waals surface area contributed by atoms with E-state index in [-0.39, 0.29) is 5.97 Å². The molecular formula is C30H54NO3+. The van der Waals surface area contributed by atoms with Crippen molar-refractivity contribution in [2.24, 2.45) is 0 Å². The van der Waals surface area contributed by atoms with Crippen molar-refractivity contribution in [1.82, 2.24) is 0 Å². The summed E-state index contributed by atoms with van der Waals surface area (Å²) in [6.07, 6.45) is 22.2. The highest BCUT2D eigenvalue weighted by atomic mass is 16.5. The number of hydrogen-bond acceptors (Lipinski definition) is 3. The summed E-state index contributed by atoms with van der Waals surface area (Å²) in [5.41, 5.74) is 0.604. The summed E-state index contributed by atoms with van der Waals surface area (Å²) in [7, 11) is 4.23. The van der Waals surface area contributed by atoms with Crippen molar-refractivity contribution < 1.29 is 18.8 Å². The van der Waals surface area contributed by atoms with Crippen LogP contribution in [0.1, 0.15) is 120 Å². The van der Waals surface area contributed by atoms with E-state index in [2.05, 4.69) is 21.0 Å². The minimum atomic E-state index is -0.255. The molecule has 0 N–H and O–H groups in total. The first kappa shape index (κ1) is 30.6. The van der Waals surface area contributed by atoms with E-state index in [0.29, 0.717) is 23.4 Å². The average Bonchev–Trinajstić information content (AvgIpc) is 2.83. The number of likely N-dealkylation sites (N-methyl/N-ethyl adjacent to an activating group) is 1. The maximum Gasteiger partial charge on any atom is 0.338 e. The van der Waals surface area contributed by atoms with Crippen LogP contribution in [-0.4, -0.2) is 51.0 Å². The second kappa shape index (κ2) is 20.9. The number of unbranched alkanes of at least 4 members (excludes halogenated alkanes) is 15. The largest absolute Gasteiger partial charge is 0.456 e. The Morgan fingerprint density at radius 1 is 0.676 bits per heavy atom. The first-order valence-electron chi connectivity index (χ1n) is 14.2. The summed E-state index contributed by atoms with van der Waals surface area (Å²) in [5.74, 6) is -0.255. The summed E-state index contributed by atoms with van der Waals surface area (Å²) in [5, 5.41) is 0. The van der Waals surface area contributed by atoms with Gasteiger partial charge in [0.1, 0.15) is 13.2 Å². The predicted molar refractivity (Wildman–Crippen MR) is 144 cm³/mol. The van der Waals surface area contributed by atoms with Crippen LogP contribution in [0.15, 0.2) is 30.3 Å². The number of rotatable bonds is 23. The molecule has 4 heteroatoms. The Labute approximate surface area is 211 Å². The molecule has 4 nitrogen and oxygen atoms in total. The van der Waals surface area contributed by atoms with Gasteiger partial charge in [-0.1, -0.05) is 121 Å². The number of esters is 1. The fourth-order valence-corrected chi connectivity index (χ4v) is 4.17. The highest BCUT2D eigenvalue weighted by molar-refractivity contribution is 5.89. The first-order valence-corrected chi connectivity index (χ1v) is 14.2. The molecule has 0 saturated carbocycles. The minimum absolute atomic E-state index is 0.255. The third-order valence-electron chi connectivity index (χ3n) is 6.52. The second-order valence-electron chi connectivity index (χ2n) is 10.5. The zero-order chi connectivity index (χ0) is 24.7. The van der Waals surface area contributed by atoms with Crippen molar-refractivity contribution >= 4 is 5.97 Å². The lowest BCUT2D eigenvalue weighted by Crippen LogP contribution is -2.44. The standard InChI is InChI=1S/C30H54NO3/c1-4-5-6-7-8-9-10-11-12-13-14-15-16-17-18-22-26-33-28-31(2,3)25-27-34-30(32)29-23-20-19-21-24-29/h19-21,23-24H,4-18,22,25-28H2,1-3H3/q+1. The van der Waals surface area contributed by atoms with Crippen molar-refractivity contribution in [1.29, 1.82) is 0 Å². The van der Waals surface area contributed by atoms with Gasteiger partial charge in [0, 0.05) is 0 Å². The zero-order valence-electron chi connectivity index (χ0n) is 22.7. The monoisotopic (exact) mass is 476 g/mol. The molecule has 0 aliphatic heterocycles. The third kappa shape index (κ3) is 18.0. The third-order valence-corrected chi connectivity index (χ3v) is 6.52. The molecule has 1 rings (SSSR count). The van der Waals surface area contributed by atoms with Gasteiger partial charge in [-0.05, 0) is 18.6 Å². The maximum absolute atomic E-state index is 12.0. The van der Waals surface area contributed by atoms with E-state index in [1.807, 2.05) is 18.2 Å². The summed E-state index contributed by atoms with van der Waals surface area (Å²) >= 11 is 0. The lowest BCUT2D eigenvalue weighted by atomic mass is 10.0. The molecule has 0 heterocycles. The summed E-state index contributed by atoms with van der Waals surface area (Å²) in [4.78, 5) is 12.0. The van der Waals surface area contributed by atoms with Gasteiger partial charge in [0.05, 0.1) is 26.3 Å². The molecule has 0 saturated heterocycles. The number of carbonyl (C=O) groups is 1. The molecule has 0 aliphatic carbocycles. The molecular weight excluding hydrogens is 422 g/mol. The van der Waals surface area contributed by atoms with Crippen LogP contribution in [0.25, 0.3) is 0 Å². The van der Waals surface area contributed by atoms with Crippen molar-refractivity contribution in [2.75, 3.05) is 40.6 Å². The lowest BCUT2D eigenvalue weighted by molar-refractivity contribution is -0.909. The van der Waals surface area contributed by atoms with Crippen LogP contribution in [0.3, 0.4) is 0 Å². The van der Waals surface area contributed by atoms with Gasteiger partial charge < -0.3 is 14.0 Å². The first-order chi connectivity index (χ1) is 16.5. The van der Waals surface area contributed by atoms with E-state index in [1.165, 1.54) is 96.3 Å². The van der Waals surface area contributed by atoms with Crippen molar-refractivity contribution in [3.05, 3.63) is 35.9 Å². The van der Waals surface area contributed by atoms with Gasteiger partial charge in [-0.2, -0.15) is 0 Å². The molecule has 0 bridgehead atoms. The number of benzene rings is 1. The van der Waals surface area contributed by atoms with Crippen LogP contribution >= 0.6 is 0 Å². The molecule has 0 amide bonds. The van der Waals surface area contributed by atoms with Gasteiger partial charge in [-0.3, -0.25) is 0 Å². The molecule has 0 aliphatic rings. The van der Waals surface area contributed by atoms with E-state index >= 15 is 0 Å². The predicted octanol–water partition coefficient (Wildman–Crippen LogP) is 8.16. The van der Waals surface area contributed by atoms with E-state index in [9.17, 15) is 4.79 Å². The minimum Gasteiger partial charge on any atom is -0.456 e. The fraction of sp³-hybridized carbons (Fsp3) is 0.767. The van der Waals surface area contributed by atoms with Crippen LogP contribution in [0.4, 0.5) is 0 Å². The molecule has 1 aromatic carbocycles. The number of carbonyl (C=O) groups excluding carboxylic acids is 1. The Hall–Kier alpha value is -1.39. The SMILES string of the molecule is CCCCCCCCCCCCCCCCCCOC[N+](C)(C)CCOC(=O)c1ccccc1. The van der Waals surface area contributed by atoms with Crippen LogP contribution in [0.5, 0.6) is 0 Å². The lowest BCUT2D eigenvalue weighted by Gasteiger charge is -2.28. The Balaban J connectivity index is 1.83. The summed E-state index contributed by atoms with van der Waals surface area (Å²) in [6, 6.07) is 9.16. The molecule has 0 spiro atoms. The van der Waals surface area contributed by atoms with Gasteiger partial charge in [0.15, 0.2) is 6.73 Å². The molecule has 0 unspecified atom stereocenters. The Kier molecular flexibility index (Phi) is 18.9. The Morgan fingerprint density at radius 2 is 1.15 bits per heavy atom. The highest BCUT2D eigenvalue weighted by Crippen LogP contribution is 2.14. The smallest absolute Gasteiger partial charge is 0.338 e. The normalized spacial score (nSPS) is 11.6. The van der Waals surface area contributed by atoms with Crippen LogP contribution in [0.2, 0.25) is 0 Å². The quantitative estimate of drug-likeness (QED) is 0.0691. The second-order valence-corrected chi connectivity index (χ2v) is 10.5. The highest BCUT2D eigenvalue weighted by Gasteiger charge is 2.16. The van der Waals surface area contributed by atoms with E-state index in [4.69, 9.17) is 9.47 Å². The Morgan fingerprint density at radius 3 is 1.65 bits per heavy atom. The molecule has 1 aromatic rings. The fourth-order valence-electron chi connectivity index (χ4n) is 4.17. The number of nitrogens with zero attached hydrogens (tertiary/aromatic N) is 1. The van der Waals surface area contributed by atoms with Crippen LogP contribution in [0, 0.1) is 0 Å². The van der Waals surface area contributed by atoms with E-state index in [0.717, 1.165) is 19.6 Å². The van der Waals surface area contributed by atoms with Crippen molar-refractivity contribution in [2.45, 2.75) is 110 Å². The van der Waals surface area contributed by atoms with Crippen molar-refractivity contribution in [3.8, 4) is 0 Å². The topological polar surface area (TPSA) is 35.5 Å². The van der Waals surface area contributed by atoms with Gasteiger partial charge >= 0.3 is 5.97 Å². The van der Waals surface area contributed by atoms with Crippen molar-refractivity contribution in [3.63, 3.8) is 0 Å². The molecule has 34 heavy (non-hydrogen) atoms. The average molecular weight is 477 g/mol. The van der Waals surface area contributed by atoms with Crippen LogP contribution in [-0.2, 0) is 9.47 Å². The van der Waals surface area contributed by atoms with Gasteiger partial charge in [0.25, 0.3) is 0 Å². The number of quaternary nitrogens is 1. The number of ether oxygens (including phenoxy) is 2. The maximum atomic E-state index is 12.0. The molecule has 0 atom stereocenters.